The molecule has 1 aromatic carbocycles. The zero-order chi connectivity index (χ0) is 20.2. The van der Waals surface area contributed by atoms with E-state index in [4.69, 9.17) is 26.3 Å². The van der Waals surface area contributed by atoms with E-state index in [0.717, 1.165) is 18.9 Å². The molecule has 0 aliphatic carbocycles. The van der Waals surface area contributed by atoms with E-state index in [1.807, 2.05) is 30.5 Å². The Morgan fingerprint density at radius 1 is 1.14 bits per heavy atom. The monoisotopic (exact) mass is 430 g/mol. The van der Waals surface area contributed by atoms with E-state index >= 15 is 0 Å². The Balaban J connectivity index is 1.84. The maximum Gasteiger partial charge on any atom is 0.180 e. The molecule has 1 aliphatic heterocycles. The van der Waals surface area contributed by atoms with Crippen LogP contribution in [-0.4, -0.2) is 47.5 Å². The zero-order valence-electron chi connectivity index (χ0n) is 15.9. The molecule has 0 saturated carbocycles. The molecule has 1 saturated heterocycles. The first kappa shape index (κ1) is 20.1. The van der Waals surface area contributed by atoms with Crippen LogP contribution in [0.1, 0.15) is 16.5 Å². The SMILES string of the molecule is CSC(c1cc(N2CCOCC2)nc(-c2ccccn2)n1)c1c(F)cccc1Cl. The van der Waals surface area contributed by atoms with Crippen molar-refractivity contribution in [2.75, 3.05) is 37.5 Å². The van der Waals surface area contributed by atoms with Crippen molar-refractivity contribution in [3.05, 3.63) is 70.8 Å². The molecule has 1 fully saturated rings. The second kappa shape index (κ2) is 9.07. The average molecular weight is 431 g/mol. The molecular formula is C21H20ClFN4OS. The van der Waals surface area contributed by atoms with Gasteiger partial charge in [0.05, 0.1) is 24.2 Å². The molecule has 0 N–H and O–H groups in total. The lowest BCUT2D eigenvalue weighted by Gasteiger charge is -2.29. The number of hydrogen-bond acceptors (Lipinski definition) is 6. The molecular weight excluding hydrogens is 411 g/mol. The van der Waals surface area contributed by atoms with E-state index in [2.05, 4.69) is 9.88 Å². The molecule has 1 atom stereocenters. The minimum Gasteiger partial charge on any atom is -0.378 e. The van der Waals surface area contributed by atoms with Crippen LogP contribution in [0.5, 0.6) is 0 Å². The fourth-order valence-corrected chi connectivity index (χ4v) is 4.47. The quantitative estimate of drug-likeness (QED) is 0.588. The number of nitrogens with zero attached hydrogens (tertiary/aromatic N) is 4. The lowest BCUT2D eigenvalue weighted by molar-refractivity contribution is 0.122. The standard InChI is InChI=1S/C21H20ClFN4OS/c1-29-20(19-14(22)5-4-6-15(19)23)17-13-18(27-9-11-28-12-10-27)26-21(25-17)16-7-2-3-8-24-16/h2-8,13,20H,9-12H2,1H3. The molecule has 8 heteroatoms. The van der Waals surface area contributed by atoms with Crippen LogP contribution in [0, 0.1) is 5.82 Å². The number of aromatic nitrogens is 3. The Morgan fingerprint density at radius 2 is 1.97 bits per heavy atom. The van der Waals surface area contributed by atoms with Crippen molar-refractivity contribution in [3.63, 3.8) is 0 Å². The third-order valence-electron chi connectivity index (χ3n) is 4.73. The first-order chi connectivity index (χ1) is 14.2. The van der Waals surface area contributed by atoms with Crippen LogP contribution in [0.25, 0.3) is 11.5 Å². The minimum absolute atomic E-state index is 0.345. The lowest BCUT2D eigenvalue weighted by atomic mass is 10.1. The van der Waals surface area contributed by atoms with Gasteiger partial charge in [0.25, 0.3) is 0 Å². The number of hydrogen-bond donors (Lipinski definition) is 0. The summed E-state index contributed by atoms with van der Waals surface area (Å²) in [5, 5.41) is 0.0178. The largest absolute Gasteiger partial charge is 0.378 e. The molecule has 0 spiro atoms. The summed E-state index contributed by atoms with van der Waals surface area (Å²) in [4.78, 5) is 16.0. The van der Waals surface area contributed by atoms with Gasteiger partial charge < -0.3 is 9.64 Å². The molecule has 0 amide bonds. The van der Waals surface area contributed by atoms with Crippen LogP contribution in [0.4, 0.5) is 10.2 Å². The van der Waals surface area contributed by atoms with Crippen molar-refractivity contribution in [1.29, 1.82) is 0 Å². The van der Waals surface area contributed by atoms with Gasteiger partial charge in [-0.1, -0.05) is 23.7 Å². The number of rotatable bonds is 5. The second-order valence-electron chi connectivity index (χ2n) is 6.54. The van der Waals surface area contributed by atoms with Crippen molar-refractivity contribution < 1.29 is 9.13 Å². The summed E-state index contributed by atoms with van der Waals surface area (Å²) in [5.74, 6) is 0.948. The summed E-state index contributed by atoms with van der Waals surface area (Å²) in [7, 11) is 0. The second-order valence-corrected chi connectivity index (χ2v) is 7.89. The van der Waals surface area contributed by atoms with Gasteiger partial charge in [0.15, 0.2) is 5.82 Å². The summed E-state index contributed by atoms with van der Waals surface area (Å²) in [6.07, 6.45) is 3.63. The minimum atomic E-state index is -0.367. The molecule has 5 nitrogen and oxygen atoms in total. The fourth-order valence-electron chi connectivity index (χ4n) is 3.30. The third kappa shape index (κ3) is 4.37. The van der Waals surface area contributed by atoms with E-state index in [1.54, 1.807) is 18.3 Å². The zero-order valence-corrected chi connectivity index (χ0v) is 17.5. The van der Waals surface area contributed by atoms with E-state index < -0.39 is 0 Å². The highest BCUT2D eigenvalue weighted by atomic mass is 35.5. The number of benzene rings is 1. The van der Waals surface area contributed by atoms with E-state index in [-0.39, 0.29) is 11.1 Å². The van der Waals surface area contributed by atoms with Crippen LogP contribution in [0.2, 0.25) is 5.02 Å². The van der Waals surface area contributed by atoms with Crippen molar-refractivity contribution in [2.45, 2.75) is 5.25 Å². The predicted molar refractivity (Wildman–Crippen MR) is 115 cm³/mol. The summed E-state index contributed by atoms with van der Waals surface area (Å²) < 4.78 is 20.1. The van der Waals surface area contributed by atoms with Gasteiger partial charge in [0.1, 0.15) is 17.3 Å². The summed E-state index contributed by atoms with van der Waals surface area (Å²) in [6.45, 7) is 2.76. The van der Waals surface area contributed by atoms with Crippen LogP contribution >= 0.6 is 23.4 Å². The van der Waals surface area contributed by atoms with Crippen LogP contribution in [-0.2, 0) is 4.74 Å². The Hall–Kier alpha value is -2.22. The molecule has 150 valence electrons. The smallest absolute Gasteiger partial charge is 0.180 e. The topological polar surface area (TPSA) is 51.1 Å². The van der Waals surface area contributed by atoms with Crippen LogP contribution in [0.15, 0.2) is 48.7 Å². The van der Waals surface area contributed by atoms with Gasteiger partial charge in [-0.2, -0.15) is 11.8 Å². The number of anilines is 1. The Kier molecular flexibility index (Phi) is 6.28. The van der Waals surface area contributed by atoms with E-state index in [0.29, 0.717) is 41.0 Å². The number of thioether (sulfide) groups is 1. The number of halogens is 2. The Morgan fingerprint density at radius 3 is 2.66 bits per heavy atom. The predicted octanol–water partition coefficient (Wildman–Crippen LogP) is 4.62. The van der Waals surface area contributed by atoms with Crippen molar-refractivity contribution in [2.24, 2.45) is 0 Å². The van der Waals surface area contributed by atoms with E-state index in [1.165, 1.54) is 17.8 Å². The summed E-state index contributed by atoms with van der Waals surface area (Å²) in [6, 6.07) is 12.3. The Bertz CT molecular complexity index is 965. The summed E-state index contributed by atoms with van der Waals surface area (Å²) in [5.41, 5.74) is 1.80. The first-order valence-electron chi connectivity index (χ1n) is 9.27. The van der Waals surface area contributed by atoms with Gasteiger partial charge >= 0.3 is 0 Å². The molecule has 3 aromatic rings. The molecule has 1 aliphatic rings. The van der Waals surface area contributed by atoms with Gasteiger partial charge in [0, 0.05) is 35.9 Å². The van der Waals surface area contributed by atoms with Gasteiger partial charge in [-0.15, -0.1) is 0 Å². The maximum atomic E-state index is 14.7. The average Bonchev–Trinajstić information content (AvgIpc) is 2.77. The van der Waals surface area contributed by atoms with Crippen LogP contribution in [0.3, 0.4) is 0 Å². The summed E-state index contributed by atoms with van der Waals surface area (Å²) >= 11 is 7.85. The Labute approximate surface area is 178 Å². The normalized spacial score (nSPS) is 15.3. The molecule has 1 unspecified atom stereocenters. The third-order valence-corrected chi connectivity index (χ3v) is 6.01. The van der Waals surface area contributed by atoms with Gasteiger partial charge in [0.2, 0.25) is 0 Å². The van der Waals surface area contributed by atoms with E-state index in [9.17, 15) is 4.39 Å². The molecule has 3 heterocycles. The van der Waals surface area contributed by atoms with Crippen LogP contribution < -0.4 is 4.90 Å². The van der Waals surface area contributed by atoms with Gasteiger partial charge in [-0.25, -0.2) is 14.4 Å². The molecule has 0 bridgehead atoms. The van der Waals surface area contributed by atoms with Crippen molar-refractivity contribution in [1.82, 2.24) is 15.0 Å². The number of pyridine rings is 1. The lowest BCUT2D eigenvalue weighted by Crippen LogP contribution is -2.37. The molecule has 4 rings (SSSR count). The van der Waals surface area contributed by atoms with Crippen molar-refractivity contribution in [3.8, 4) is 11.5 Å². The van der Waals surface area contributed by atoms with Gasteiger partial charge in [-0.05, 0) is 30.5 Å². The molecule has 29 heavy (non-hydrogen) atoms. The highest BCUT2D eigenvalue weighted by Gasteiger charge is 2.25. The molecule has 2 aromatic heterocycles. The number of morpholine rings is 1. The fraction of sp³-hybridized carbons (Fsp3) is 0.286. The first-order valence-corrected chi connectivity index (χ1v) is 10.9. The highest BCUT2D eigenvalue weighted by Crippen LogP contribution is 2.39. The molecule has 0 radical (unpaired) electrons. The maximum absolute atomic E-state index is 14.7. The number of ether oxygens (including phenoxy) is 1. The highest BCUT2D eigenvalue weighted by molar-refractivity contribution is 7.99. The van der Waals surface area contributed by atoms with Crippen molar-refractivity contribution >= 4 is 29.2 Å². The van der Waals surface area contributed by atoms with Gasteiger partial charge in [-0.3, -0.25) is 4.98 Å².